The molecular weight excluding hydrogens is 373 g/mol. The summed E-state index contributed by atoms with van der Waals surface area (Å²) in [6, 6.07) is 9.86. The van der Waals surface area contributed by atoms with E-state index in [1.54, 1.807) is 29.2 Å². The van der Waals surface area contributed by atoms with Crippen LogP contribution in [-0.2, 0) is 13.2 Å². The molecule has 0 aliphatic heterocycles. The fourth-order valence-corrected chi connectivity index (χ4v) is 2.82. The van der Waals surface area contributed by atoms with Crippen molar-refractivity contribution < 1.29 is 18.0 Å². The van der Waals surface area contributed by atoms with Gasteiger partial charge in [-0.25, -0.2) is 0 Å². The second-order valence-corrected chi connectivity index (χ2v) is 5.99. The molecule has 0 saturated heterocycles. The molecular formula is C18H17F3N6O. The third-order valence-electron chi connectivity index (χ3n) is 4.14. The number of nitrogens with two attached hydrogens (primary N) is 1. The minimum atomic E-state index is -4.50. The number of anilines is 2. The molecule has 0 spiro atoms. The average Bonchev–Trinajstić information content (AvgIpc) is 3.08. The van der Waals surface area contributed by atoms with Crippen molar-refractivity contribution in [3.8, 4) is 11.4 Å². The molecule has 1 aromatic heterocycles. The molecule has 0 bridgehead atoms. The van der Waals surface area contributed by atoms with Gasteiger partial charge in [0.05, 0.1) is 18.3 Å². The van der Waals surface area contributed by atoms with Crippen molar-refractivity contribution in [2.75, 3.05) is 11.4 Å². The zero-order chi connectivity index (χ0) is 20.5. The molecule has 28 heavy (non-hydrogen) atoms. The Morgan fingerprint density at radius 1 is 1.18 bits per heavy atom. The van der Waals surface area contributed by atoms with Crippen LogP contribution in [0.2, 0.25) is 0 Å². The molecule has 2 N–H and O–H groups in total. The first-order valence-corrected chi connectivity index (χ1v) is 8.33. The highest BCUT2D eigenvalue weighted by atomic mass is 19.4. The van der Waals surface area contributed by atoms with Crippen molar-refractivity contribution in [2.24, 2.45) is 12.8 Å². The lowest BCUT2D eigenvalue weighted by Gasteiger charge is -2.26. The van der Waals surface area contributed by atoms with Gasteiger partial charge in [0.2, 0.25) is 11.7 Å². The summed E-state index contributed by atoms with van der Waals surface area (Å²) in [6.07, 6.45) is -4.50. The molecule has 146 valence electrons. The normalized spacial score (nSPS) is 11.5. The second-order valence-electron chi connectivity index (χ2n) is 5.99. The minimum absolute atomic E-state index is 0.0795. The number of primary amides is 1. The predicted molar refractivity (Wildman–Crippen MR) is 96.9 cm³/mol. The van der Waals surface area contributed by atoms with Gasteiger partial charge in [-0.15, -0.1) is 10.2 Å². The van der Waals surface area contributed by atoms with Crippen molar-refractivity contribution in [3.63, 3.8) is 0 Å². The average molecular weight is 390 g/mol. The summed E-state index contributed by atoms with van der Waals surface area (Å²) in [5, 5.41) is 11.6. The van der Waals surface area contributed by atoms with E-state index in [2.05, 4.69) is 15.4 Å². The van der Waals surface area contributed by atoms with Crippen LogP contribution in [0.4, 0.5) is 24.5 Å². The number of benzene rings is 2. The number of rotatable bonds is 5. The minimum Gasteiger partial charge on any atom is -0.366 e. The van der Waals surface area contributed by atoms with Crippen LogP contribution >= 0.6 is 0 Å². The van der Waals surface area contributed by atoms with Gasteiger partial charge in [-0.2, -0.15) is 18.0 Å². The van der Waals surface area contributed by atoms with Gasteiger partial charge in [-0.1, -0.05) is 0 Å². The molecule has 0 fully saturated rings. The van der Waals surface area contributed by atoms with E-state index in [0.717, 1.165) is 12.1 Å². The van der Waals surface area contributed by atoms with E-state index in [1.807, 2.05) is 6.92 Å². The lowest BCUT2D eigenvalue weighted by Crippen LogP contribution is -2.18. The number of halogens is 3. The van der Waals surface area contributed by atoms with Gasteiger partial charge in [-0.05, 0) is 54.6 Å². The summed E-state index contributed by atoms with van der Waals surface area (Å²) in [5.41, 5.74) is 6.15. The summed E-state index contributed by atoms with van der Waals surface area (Å²) in [4.78, 5) is 14.2. The maximum absolute atomic E-state index is 13.2. The number of hydrogen-bond donors (Lipinski definition) is 1. The zero-order valence-corrected chi connectivity index (χ0v) is 15.1. The van der Waals surface area contributed by atoms with Gasteiger partial charge in [-0.3, -0.25) is 4.79 Å². The fraction of sp³-hybridized carbons (Fsp3) is 0.222. The molecule has 7 nitrogen and oxygen atoms in total. The largest absolute Gasteiger partial charge is 0.416 e. The zero-order valence-electron chi connectivity index (χ0n) is 15.1. The predicted octanol–water partition coefficient (Wildman–Crippen LogP) is 3.15. The Hall–Kier alpha value is -3.43. The summed E-state index contributed by atoms with van der Waals surface area (Å²) < 4.78 is 39.7. The summed E-state index contributed by atoms with van der Waals surface area (Å²) >= 11 is 0. The Labute approximate surface area is 158 Å². The Balaban J connectivity index is 2.13. The van der Waals surface area contributed by atoms with E-state index in [9.17, 15) is 18.0 Å². The van der Waals surface area contributed by atoms with Gasteiger partial charge in [0, 0.05) is 23.4 Å². The number of carbonyl (C=O) groups excluding carboxylic acids is 1. The van der Waals surface area contributed by atoms with Crippen LogP contribution in [-0.4, -0.2) is 32.7 Å². The first kappa shape index (κ1) is 19.3. The van der Waals surface area contributed by atoms with Crippen LogP contribution < -0.4 is 10.6 Å². The van der Waals surface area contributed by atoms with Crippen molar-refractivity contribution >= 4 is 17.3 Å². The summed E-state index contributed by atoms with van der Waals surface area (Å²) in [7, 11) is 1.53. The number of hydrogen-bond acceptors (Lipinski definition) is 5. The van der Waals surface area contributed by atoms with Crippen LogP contribution in [0.1, 0.15) is 22.8 Å². The smallest absolute Gasteiger partial charge is 0.366 e. The SMILES string of the molecule is CCN(c1ccc(C(N)=O)cc1)c1ccc(C(F)(F)F)cc1-c1nnn(C)n1. The molecule has 10 heteroatoms. The number of carbonyl (C=O) groups is 1. The van der Waals surface area contributed by atoms with E-state index in [-0.39, 0.29) is 11.4 Å². The Bertz CT molecular complexity index is 997. The number of nitrogens with zero attached hydrogens (tertiary/aromatic N) is 5. The highest BCUT2D eigenvalue weighted by molar-refractivity contribution is 5.93. The molecule has 0 aliphatic carbocycles. The third kappa shape index (κ3) is 3.80. The van der Waals surface area contributed by atoms with Crippen molar-refractivity contribution in [1.29, 1.82) is 0 Å². The standard InChI is InChI=1S/C18H17F3N6O/c1-3-27(13-7-4-11(5-8-13)16(22)28)15-9-6-12(18(19,20)21)10-14(15)17-23-25-26(2)24-17/h4-10H,3H2,1-2H3,(H2,22,28). The Morgan fingerprint density at radius 2 is 1.86 bits per heavy atom. The molecule has 0 atom stereocenters. The van der Waals surface area contributed by atoms with Crippen LogP contribution in [0.5, 0.6) is 0 Å². The lowest BCUT2D eigenvalue weighted by atomic mass is 10.1. The molecule has 3 aromatic rings. The molecule has 1 heterocycles. The van der Waals surface area contributed by atoms with E-state index < -0.39 is 17.6 Å². The maximum Gasteiger partial charge on any atom is 0.416 e. The number of tetrazole rings is 1. The first-order chi connectivity index (χ1) is 13.2. The molecule has 1 amide bonds. The quantitative estimate of drug-likeness (QED) is 0.723. The van der Waals surface area contributed by atoms with Gasteiger partial charge >= 0.3 is 6.18 Å². The lowest BCUT2D eigenvalue weighted by molar-refractivity contribution is -0.137. The molecule has 0 radical (unpaired) electrons. The Kier molecular flexibility index (Phi) is 5.04. The maximum atomic E-state index is 13.2. The highest BCUT2D eigenvalue weighted by Crippen LogP contribution is 2.38. The van der Waals surface area contributed by atoms with E-state index >= 15 is 0 Å². The molecule has 2 aromatic carbocycles. The van der Waals surface area contributed by atoms with Crippen molar-refractivity contribution in [2.45, 2.75) is 13.1 Å². The number of alkyl halides is 3. The van der Waals surface area contributed by atoms with Crippen LogP contribution in [0.15, 0.2) is 42.5 Å². The Morgan fingerprint density at radius 3 is 2.36 bits per heavy atom. The topological polar surface area (TPSA) is 89.9 Å². The fourth-order valence-electron chi connectivity index (χ4n) is 2.82. The highest BCUT2D eigenvalue weighted by Gasteiger charge is 2.32. The number of aryl methyl sites for hydroxylation is 1. The summed E-state index contributed by atoms with van der Waals surface area (Å²) in [6.45, 7) is 2.31. The monoisotopic (exact) mass is 390 g/mol. The molecule has 0 unspecified atom stereocenters. The van der Waals surface area contributed by atoms with Crippen molar-refractivity contribution in [3.05, 3.63) is 53.6 Å². The molecule has 3 rings (SSSR count). The van der Waals surface area contributed by atoms with Crippen molar-refractivity contribution in [1.82, 2.24) is 20.2 Å². The van der Waals surface area contributed by atoms with Gasteiger partial charge in [0.25, 0.3) is 0 Å². The van der Waals surface area contributed by atoms with Gasteiger partial charge < -0.3 is 10.6 Å². The summed E-state index contributed by atoms with van der Waals surface area (Å²) in [5.74, 6) is -0.482. The number of amides is 1. The van der Waals surface area contributed by atoms with E-state index in [1.165, 1.54) is 17.9 Å². The second kappa shape index (κ2) is 7.29. The molecule has 0 aliphatic rings. The third-order valence-corrected chi connectivity index (χ3v) is 4.14. The first-order valence-electron chi connectivity index (χ1n) is 8.33. The van der Waals surface area contributed by atoms with Crippen LogP contribution in [0, 0.1) is 0 Å². The van der Waals surface area contributed by atoms with E-state index in [4.69, 9.17) is 5.73 Å². The molecule has 0 saturated carbocycles. The van der Waals surface area contributed by atoms with Crippen LogP contribution in [0.25, 0.3) is 11.4 Å². The van der Waals surface area contributed by atoms with Crippen LogP contribution in [0.3, 0.4) is 0 Å². The van der Waals surface area contributed by atoms with E-state index in [0.29, 0.717) is 23.5 Å². The number of aromatic nitrogens is 4. The van der Waals surface area contributed by atoms with Gasteiger partial charge in [0.1, 0.15) is 0 Å². The van der Waals surface area contributed by atoms with Gasteiger partial charge in [0.15, 0.2) is 0 Å².